The molecule has 0 radical (unpaired) electrons. The van der Waals surface area contributed by atoms with Crippen LogP contribution in [0.3, 0.4) is 0 Å². The highest BCUT2D eigenvalue weighted by molar-refractivity contribution is 7.92. The summed E-state index contributed by atoms with van der Waals surface area (Å²) < 4.78 is 32.7. The normalized spacial score (nSPS) is 17.8. The minimum absolute atomic E-state index is 0.0688. The molecule has 0 saturated carbocycles. The lowest BCUT2D eigenvalue weighted by Crippen LogP contribution is -2.38. The van der Waals surface area contributed by atoms with Gasteiger partial charge in [0.05, 0.1) is 36.7 Å². The van der Waals surface area contributed by atoms with Crippen molar-refractivity contribution in [2.24, 2.45) is 0 Å². The summed E-state index contributed by atoms with van der Waals surface area (Å²) in [6.07, 6.45) is 0. The van der Waals surface area contributed by atoms with E-state index >= 15 is 0 Å². The summed E-state index contributed by atoms with van der Waals surface area (Å²) in [5.74, 6) is 0.694. The number of ether oxygens (including phenoxy) is 1. The average Bonchev–Trinajstić information content (AvgIpc) is 2.69. The lowest BCUT2D eigenvalue weighted by atomic mass is 9.99. The first-order valence-corrected chi connectivity index (χ1v) is 10.6. The molecule has 0 fully saturated rings. The lowest BCUT2D eigenvalue weighted by molar-refractivity contribution is 0.414. The summed E-state index contributed by atoms with van der Waals surface area (Å²) in [6.45, 7) is 2.17. The van der Waals surface area contributed by atoms with E-state index in [2.05, 4.69) is 6.07 Å². The second-order valence-electron chi connectivity index (χ2n) is 7.12. The minimum Gasteiger partial charge on any atom is -0.497 e. The van der Waals surface area contributed by atoms with Crippen LogP contribution in [0.25, 0.3) is 10.8 Å². The Morgan fingerprint density at radius 1 is 1.11 bits per heavy atom. The maximum Gasteiger partial charge on any atom is 0.236 e. The first-order chi connectivity index (χ1) is 13.4. The molecule has 1 unspecified atom stereocenters. The first kappa shape index (κ1) is 18.3. The van der Waals surface area contributed by atoms with Crippen LogP contribution in [0.15, 0.2) is 54.6 Å². The van der Waals surface area contributed by atoms with Crippen molar-refractivity contribution in [2.75, 3.05) is 17.2 Å². The Morgan fingerprint density at radius 2 is 1.89 bits per heavy atom. The van der Waals surface area contributed by atoms with E-state index in [-0.39, 0.29) is 18.2 Å². The van der Waals surface area contributed by atoms with Gasteiger partial charge in [-0.3, -0.25) is 4.31 Å². The van der Waals surface area contributed by atoms with E-state index in [1.165, 1.54) is 4.31 Å². The minimum atomic E-state index is -3.43. The van der Waals surface area contributed by atoms with Crippen LogP contribution in [0, 0.1) is 11.3 Å². The van der Waals surface area contributed by atoms with Crippen LogP contribution < -0.4 is 9.04 Å². The molecule has 142 valence electrons. The Kier molecular flexibility index (Phi) is 4.48. The van der Waals surface area contributed by atoms with Crippen LogP contribution in [0.2, 0.25) is 0 Å². The quantitative estimate of drug-likeness (QED) is 0.671. The molecule has 3 aromatic rings. The van der Waals surface area contributed by atoms with Gasteiger partial charge >= 0.3 is 0 Å². The number of nitriles is 1. The number of nitrogens with zero attached hydrogens (tertiary/aromatic N) is 2. The number of hydrogen-bond acceptors (Lipinski definition) is 4. The fourth-order valence-corrected chi connectivity index (χ4v) is 5.54. The van der Waals surface area contributed by atoms with Crippen molar-refractivity contribution in [1.82, 2.24) is 0 Å². The van der Waals surface area contributed by atoms with Crippen molar-refractivity contribution in [3.05, 3.63) is 71.3 Å². The van der Waals surface area contributed by atoms with Gasteiger partial charge in [0, 0.05) is 0 Å². The zero-order valence-electron chi connectivity index (χ0n) is 15.7. The van der Waals surface area contributed by atoms with Crippen LogP contribution in [-0.4, -0.2) is 21.3 Å². The second kappa shape index (κ2) is 6.84. The third kappa shape index (κ3) is 3.19. The molecular formula is C22H20N2O3S. The van der Waals surface area contributed by atoms with Crippen LogP contribution in [-0.2, 0) is 16.6 Å². The number of sulfonamides is 1. The van der Waals surface area contributed by atoms with E-state index in [0.29, 0.717) is 11.3 Å². The van der Waals surface area contributed by atoms with Crippen molar-refractivity contribution in [3.8, 4) is 11.8 Å². The fourth-order valence-electron chi connectivity index (χ4n) is 3.74. The summed E-state index contributed by atoms with van der Waals surface area (Å²) in [5.41, 5.74) is 3.14. The van der Waals surface area contributed by atoms with Crippen LogP contribution in [0.4, 0.5) is 5.69 Å². The van der Waals surface area contributed by atoms with Crippen LogP contribution in [0.1, 0.15) is 29.5 Å². The van der Waals surface area contributed by atoms with Gasteiger partial charge in [0.2, 0.25) is 10.0 Å². The van der Waals surface area contributed by atoms with E-state index < -0.39 is 10.0 Å². The predicted molar refractivity (Wildman–Crippen MR) is 110 cm³/mol. The molecule has 3 aromatic carbocycles. The van der Waals surface area contributed by atoms with Gasteiger partial charge in [0.15, 0.2) is 0 Å². The number of anilines is 1. The van der Waals surface area contributed by atoms with E-state index in [1.54, 1.807) is 19.2 Å². The van der Waals surface area contributed by atoms with Crippen LogP contribution >= 0.6 is 0 Å². The zero-order chi connectivity index (χ0) is 19.9. The third-order valence-corrected chi connectivity index (χ3v) is 7.11. The number of hydrogen-bond donors (Lipinski definition) is 0. The Bertz CT molecular complexity index is 1210. The molecule has 0 bridgehead atoms. The molecule has 0 aromatic heterocycles. The Morgan fingerprint density at radius 3 is 2.64 bits per heavy atom. The van der Waals surface area contributed by atoms with Gasteiger partial charge < -0.3 is 4.74 Å². The largest absolute Gasteiger partial charge is 0.497 e. The Labute approximate surface area is 164 Å². The maximum atomic E-state index is 12.9. The molecule has 1 heterocycles. The zero-order valence-corrected chi connectivity index (χ0v) is 16.5. The summed E-state index contributed by atoms with van der Waals surface area (Å²) in [7, 11) is -1.82. The van der Waals surface area contributed by atoms with Crippen molar-refractivity contribution in [3.63, 3.8) is 0 Å². The molecule has 5 nitrogen and oxygen atoms in total. The molecule has 0 saturated heterocycles. The molecule has 6 heteroatoms. The summed E-state index contributed by atoms with van der Waals surface area (Å²) in [4.78, 5) is 0. The molecule has 0 aliphatic carbocycles. The van der Waals surface area contributed by atoms with Gasteiger partial charge in [-0.05, 0) is 64.2 Å². The molecular weight excluding hydrogens is 372 g/mol. The van der Waals surface area contributed by atoms with Gasteiger partial charge in [0.25, 0.3) is 0 Å². The number of rotatable bonds is 3. The molecule has 28 heavy (non-hydrogen) atoms. The standard InChI is InChI=1S/C22H20N2O3S/c1-15-14-28(25,26)24(22-8-7-20(27-2)11-21(15)22)13-17-4-6-18-5-3-16(12-23)9-19(18)10-17/h3-11,15H,13-14H2,1-2H3. The number of fused-ring (bicyclic) bond motifs is 2. The van der Waals surface area contributed by atoms with Crippen LogP contribution in [0.5, 0.6) is 5.75 Å². The molecule has 0 spiro atoms. The van der Waals surface area contributed by atoms with Gasteiger partial charge in [-0.2, -0.15) is 5.26 Å². The van der Waals surface area contributed by atoms with E-state index in [4.69, 9.17) is 10.00 Å². The Balaban J connectivity index is 1.77. The molecule has 1 aliphatic rings. The number of methoxy groups -OCH3 is 1. The Hall–Kier alpha value is -3.04. The highest BCUT2D eigenvalue weighted by Crippen LogP contribution is 2.39. The van der Waals surface area contributed by atoms with E-state index in [1.807, 2.05) is 49.4 Å². The molecule has 4 rings (SSSR count). The van der Waals surface area contributed by atoms with Crippen molar-refractivity contribution >= 4 is 26.5 Å². The molecule has 1 aliphatic heterocycles. The van der Waals surface area contributed by atoms with E-state index in [9.17, 15) is 8.42 Å². The molecule has 0 amide bonds. The third-order valence-electron chi connectivity index (χ3n) is 5.19. The van der Waals surface area contributed by atoms with Gasteiger partial charge in [-0.1, -0.05) is 25.1 Å². The summed E-state index contributed by atoms with van der Waals surface area (Å²) in [6, 6.07) is 19.0. The fraction of sp³-hybridized carbons (Fsp3) is 0.227. The maximum absolute atomic E-state index is 12.9. The van der Waals surface area contributed by atoms with Crippen molar-refractivity contribution in [2.45, 2.75) is 19.4 Å². The average molecular weight is 392 g/mol. The van der Waals surface area contributed by atoms with Crippen molar-refractivity contribution in [1.29, 1.82) is 5.26 Å². The topological polar surface area (TPSA) is 70.4 Å². The van der Waals surface area contributed by atoms with Gasteiger partial charge in [-0.15, -0.1) is 0 Å². The number of benzene rings is 3. The first-order valence-electron chi connectivity index (χ1n) is 9.02. The summed E-state index contributed by atoms with van der Waals surface area (Å²) in [5, 5.41) is 11.1. The van der Waals surface area contributed by atoms with Crippen molar-refractivity contribution < 1.29 is 13.2 Å². The SMILES string of the molecule is COc1ccc2c(c1)C(C)CS(=O)(=O)N2Cc1ccc2ccc(C#N)cc2c1. The highest BCUT2D eigenvalue weighted by atomic mass is 32.2. The molecule has 1 atom stereocenters. The summed E-state index contributed by atoms with van der Waals surface area (Å²) >= 11 is 0. The predicted octanol–water partition coefficient (Wildman–Crippen LogP) is 4.17. The highest BCUT2D eigenvalue weighted by Gasteiger charge is 2.34. The second-order valence-corrected chi connectivity index (χ2v) is 9.06. The smallest absolute Gasteiger partial charge is 0.236 e. The van der Waals surface area contributed by atoms with E-state index in [0.717, 1.165) is 27.6 Å². The van der Waals surface area contributed by atoms with Gasteiger partial charge in [-0.25, -0.2) is 8.42 Å². The molecule has 0 N–H and O–H groups in total. The lowest BCUT2D eigenvalue weighted by Gasteiger charge is -2.34. The monoisotopic (exact) mass is 392 g/mol. The van der Waals surface area contributed by atoms with Gasteiger partial charge in [0.1, 0.15) is 5.75 Å².